The van der Waals surface area contributed by atoms with E-state index in [1.54, 1.807) is 12.1 Å². The van der Waals surface area contributed by atoms with Crippen LogP contribution in [-0.4, -0.2) is 43.7 Å². The van der Waals surface area contributed by atoms with Crippen molar-refractivity contribution in [1.82, 2.24) is 10.2 Å². The van der Waals surface area contributed by atoms with Crippen molar-refractivity contribution in [3.63, 3.8) is 0 Å². The molecule has 1 aliphatic rings. The third kappa shape index (κ3) is 6.05. The van der Waals surface area contributed by atoms with Gasteiger partial charge < -0.3 is 10.1 Å². The molecule has 7 heteroatoms. The molecular weight excluding hydrogens is 381 g/mol. The van der Waals surface area contributed by atoms with Gasteiger partial charge >= 0.3 is 6.18 Å². The van der Waals surface area contributed by atoms with Gasteiger partial charge in [-0.1, -0.05) is 31.2 Å². The van der Waals surface area contributed by atoms with Gasteiger partial charge in [0.15, 0.2) is 0 Å². The van der Waals surface area contributed by atoms with E-state index in [0.717, 1.165) is 56.1 Å². The van der Waals surface area contributed by atoms with E-state index in [1.165, 1.54) is 12.1 Å². The van der Waals surface area contributed by atoms with Crippen molar-refractivity contribution >= 4 is 5.91 Å². The minimum atomic E-state index is -4.34. The van der Waals surface area contributed by atoms with Gasteiger partial charge in [-0.2, -0.15) is 13.2 Å². The SMILES string of the molecule is CC(CNC(=O)c1ccc(CN2CCOCC2)cc1)c1ccc(C(F)(F)F)cc1. The summed E-state index contributed by atoms with van der Waals surface area (Å²) >= 11 is 0. The van der Waals surface area contributed by atoms with Crippen LogP contribution in [0.4, 0.5) is 13.2 Å². The summed E-state index contributed by atoms with van der Waals surface area (Å²) in [5.41, 5.74) is 1.78. The van der Waals surface area contributed by atoms with Crippen LogP contribution in [0.25, 0.3) is 0 Å². The molecule has 0 saturated carbocycles. The molecule has 1 fully saturated rings. The zero-order valence-electron chi connectivity index (χ0n) is 16.3. The average molecular weight is 406 g/mol. The summed E-state index contributed by atoms with van der Waals surface area (Å²) in [6.45, 7) is 6.35. The molecule has 3 rings (SSSR count). The molecule has 2 aromatic carbocycles. The quantitative estimate of drug-likeness (QED) is 0.786. The van der Waals surface area contributed by atoms with Crippen LogP contribution >= 0.6 is 0 Å². The van der Waals surface area contributed by atoms with Gasteiger partial charge in [0.25, 0.3) is 5.91 Å². The van der Waals surface area contributed by atoms with E-state index in [1.807, 2.05) is 19.1 Å². The van der Waals surface area contributed by atoms with Gasteiger partial charge in [0.2, 0.25) is 0 Å². The predicted octanol–water partition coefficient (Wildman–Crippen LogP) is 4.07. The third-order valence-electron chi connectivity index (χ3n) is 5.10. The number of rotatable bonds is 6. The molecule has 0 bridgehead atoms. The van der Waals surface area contributed by atoms with Crippen molar-refractivity contribution in [3.8, 4) is 0 Å². The zero-order valence-corrected chi connectivity index (χ0v) is 16.3. The van der Waals surface area contributed by atoms with Gasteiger partial charge in [-0.25, -0.2) is 0 Å². The molecule has 4 nitrogen and oxygen atoms in total. The Balaban J connectivity index is 1.50. The van der Waals surface area contributed by atoms with Crippen LogP contribution in [0.15, 0.2) is 48.5 Å². The maximum atomic E-state index is 12.7. The maximum absolute atomic E-state index is 12.7. The molecule has 1 heterocycles. The van der Waals surface area contributed by atoms with E-state index in [-0.39, 0.29) is 11.8 Å². The molecule has 156 valence electrons. The topological polar surface area (TPSA) is 41.6 Å². The lowest BCUT2D eigenvalue weighted by Crippen LogP contribution is -2.35. The third-order valence-corrected chi connectivity index (χ3v) is 5.10. The fourth-order valence-corrected chi connectivity index (χ4v) is 3.25. The Kier molecular flexibility index (Phi) is 6.92. The molecule has 1 saturated heterocycles. The summed E-state index contributed by atoms with van der Waals surface area (Å²) in [5.74, 6) is -0.288. The Morgan fingerprint density at radius 3 is 2.28 bits per heavy atom. The van der Waals surface area contributed by atoms with Crippen molar-refractivity contribution in [3.05, 3.63) is 70.8 Å². The largest absolute Gasteiger partial charge is 0.416 e. The van der Waals surface area contributed by atoms with Gasteiger partial charge in [0.1, 0.15) is 0 Å². The predicted molar refractivity (Wildman–Crippen MR) is 105 cm³/mol. The van der Waals surface area contributed by atoms with Crippen molar-refractivity contribution in [2.75, 3.05) is 32.8 Å². The standard InChI is InChI=1S/C22H25F3N2O2/c1-16(18-6-8-20(9-7-18)22(23,24)25)14-26-21(28)19-4-2-17(3-5-19)15-27-10-12-29-13-11-27/h2-9,16H,10-15H2,1H3,(H,26,28). The zero-order chi connectivity index (χ0) is 20.9. The number of halogens is 3. The second-order valence-electron chi connectivity index (χ2n) is 7.32. The molecule has 0 spiro atoms. The summed E-state index contributed by atoms with van der Waals surface area (Å²) in [4.78, 5) is 14.7. The minimum absolute atomic E-state index is 0.0955. The van der Waals surface area contributed by atoms with Gasteiger partial charge in [0, 0.05) is 31.7 Å². The van der Waals surface area contributed by atoms with Gasteiger partial charge in [-0.15, -0.1) is 0 Å². The number of hydrogen-bond donors (Lipinski definition) is 1. The van der Waals surface area contributed by atoms with Crippen LogP contribution in [0, 0.1) is 0 Å². The lowest BCUT2D eigenvalue weighted by atomic mass is 9.99. The molecule has 1 unspecified atom stereocenters. The highest BCUT2D eigenvalue weighted by molar-refractivity contribution is 5.94. The fourth-order valence-electron chi connectivity index (χ4n) is 3.25. The first-order valence-corrected chi connectivity index (χ1v) is 9.67. The van der Waals surface area contributed by atoms with Crippen molar-refractivity contribution in [2.24, 2.45) is 0 Å². The van der Waals surface area contributed by atoms with E-state index < -0.39 is 11.7 Å². The molecule has 1 amide bonds. The van der Waals surface area contributed by atoms with Crippen LogP contribution in [0.5, 0.6) is 0 Å². The van der Waals surface area contributed by atoms with Crippen LogP contribution in [0.1, 0.15) is 39.9 Å². The number of amides is 1. The summed E-state index contributed by atoms with van der Waals surface area (Å²) in [6, 6.07) is 12.6. The van der Waals surface area contributed by atoms with Crippen LogP contribution in [0.3, 0.4) is 0 Å². The molecule has 1 N–H and O–H groups in total. The lowest BCUT2D eigenvalue weighted by molar-refractivity contribution is -0.137. The Bertz CT molecular complexity index is 798. The molecule has 0 aromatic heterocycles. The molecule has 0 radical (unpaired) electrons. The monoisotopic (exact) mass is 406 g/mol. The van der Waals surface area contributed by atoms with Crippen LogP contribution < -0.4 is 5.32 Å². The Morgan fingerprint density at radius 2 is 1.69 bits per heavy atom. The lowest BCUT2D eigenvalue weighted by Gasteiger charge is -2.26. The van der Waals surface area contributed by atoms with E-state index in [2.05, 4.69) is 10.2 Å². The maximum Gasteiger partial charge on any atom is 0.416 e. The number of benzene rings is 2. The average Bonchev–Trinajstić information content (AvgIpc) is 2.72. The van der Waals surface area contributed by atoms with Gasteiger partial charge in [-0.05, 0) is 41.3 Å². The van der Waals surface area contributed by atoms with E-state index >= 15 is 0 Å². The number of nitrogens with zero attached hydrogens (tertiary/aromatic N) is 1. The number of ether oxygens (including phenoxy) is 1. The smallest absolute Gasteiger partial charge is 0.379 e. The number of carbonyl (C=O) groups excluding carboxylic acids is 1. The molecule has 2 aromatic rings. The molecule has 1 aliphatic heterocycles. The number of carbonyl (C=O) groups is 1. The highest BCUT2D eigenvalue weighted by atomic mass is 19.4. The Hall–Kier alpha value is -2.38. The van der Waals surface area contributed by atoms with Crippen molar-refractivity contribution in [1.29, 1.82) is 0 Å². The molecular formula is C22H25F3N2O2. The molecule has 29 heavy (non-hydrogen) atoms. The minimum Gasteiger partial charge on any atom is -0.379 e. The van der Waals surface area contributed by atoms with E-state index in [4.69, 9.17) is 4.74 Å². The number of alkyl halides is 3. The van der Waals surface area contributed by atoms with E-state index in [9.17, 15) is 18.0 Å². The van der Waals surface area contributed by atoms with Crippen molar-refractivity contribution < 1.29 is 22.7 Å². The van der Waals surface area contributed by atoms with Crippen LogP contribution in [-0.2, 0) is 17.5 Å². The van der Waals surface area contributed by atoms with Crippen LogP contribution in [0.2, 0.25) is 0 Å². The first-order chi connectivity index (χ1) is 13.8. The highest BCUT2D eigenvalue weighted by Gasteiger charge is 2.30. The summed E-state index contributed by atoms with van der Waals surface area (Å²) < 4.78 is 43.3. The number of morpholine rings is 1. The Labute approximate surface area is 168 Å². The second-order valence-corrected chi connectivity index (χ2v) is 7.32. The summed E-state index contributed by atoms with van der Waals surface area (Å²) in [7, 11) is 0. The van der Waals surface area contributed by atoms with E-state index in [0.29, 0.717) is 12.1 Å². The fraction of sp³-hybridized carbons (Fsp3) is 0.409. The summed E-state index contributed by atoms with van der Waals surface area (Å²) in [5, 5.41) is 2.85. The first kappa shape index (κ1) is 21.3. The second kappa shape index (κ2) is 9.41. The normalized spacial score (nSPS) is 16.4. The molecule has 1 atom stereocenters. The van der Waals surface area contributed by atoms with Gasteiger partial charge in [0.05, 0.1) is 18.8 Å². The Morgan fingerprint density at radius 1 is 1.07 bits per heavy atom. The number of nitrogens with one attached hydrogen (secondary N) is 1. The summed E-state index contributed by atoms with van der Waals surface area (Å²) in [6.07, 6.45) is -4.34. The van der Waals surface area contributed by atoms with Gasteiger partial charge in [-0.3, -0.25) is 9.69 Å². The molecule has 0 aliphatic carbocycles. The highest BCUT2D eigenvalue weighted by Crippen LogP contribution is 2.30. The first-order valence-electron chi connectivity index (χ1n) is 9.67. The van der Waals surface area contributed by atoms with Crippen molar-refractivity contribution in [2.45, 2.75) is 25.6 Å². The number of hydrogen-bond acceptors (Lipinski definition) is 3.